The van der Waals surface area contributed by atoms with E-state index in [2.05, 4.69) is 9.71 Å². The maximum Gasteiger partial charge on any atom is 0.306 e. The number of sulfonamides is 1. The van der Waals surface area contributed by atoms with Gasteiger partial charge < -0.3 is 9.67 Å². The Hall–Kier alpha value is -1.41. The lowest BCUT2D eigenvalue weighted by Gasteiger charge is -2.06. The van der Waals surface area contributed by atoms with Crippen molar-refractivity contribution in [2.45, 2.75) is 25.3 Å². The predicted molar refractivity (Wildman–Crippen MR) is 64.6 cm³/mol. The van der Waals surface area contributed by atoms with E-state index in [4.69, 9.17) is 5.11 Å². The van der Waals surface area contributed by atoms with Gasteiger partial charge in [0.2, 0.25) is 0 Å². The van der Waals surface area contributed by atoms with Gasteiger partial charge >= 0.3 is 5.97 Å². The molecule has 0 aliphatic carbocycles. The van der Waals surface area contributed by atoms with Gasteiger partial charge in [-0.15, -0.1) is 0 Å². The van der Waals surface area contributed by atoms with Crippen molar-refractivity contribution in [3.05, 3.63) is 12.0 Å². The molecule has 8 heteroatoms. The molecule has 0 saturated carbocycles. The van der Waals surface area contributed by atoms with E-state index in [1.54, 1.807) is 18.5 Å². The molecule has 0 aliphatic heterocycles. The monoisotopic (exact) mass is 275 g/mol. The summed E-state index contributed by atoms with van der Waals surface area (Å²) in [7, 11) is -1.96. The molecule has 1 unspecified atom stereocenters. The van der Waals surface area contributed by atoms with Gasteiger partial charge in [-0.05, 0) is 13.3 Å². The summed E-state index contributed by atoms with van der Waals surface area (Å²) < 4.78 is 27.6. The Morgan fingerprint density at radius 1 is 1.61 bits per heavy atom. The van der Waals surface area contributed by atoms with Crippen molar-refractivity contribution < 1.29 is 18.3 Å². The minimum absolute atomic E-state index is 0.0505. The van der Waals surface area contributed by atoms with Crippen LogP contribution >= 0.6 is 0 Å². The number of rotatable bonds is 6. The Bertz CT molecular complexity index is 516. The van der Waals surface area contributed by atoms with Crippen LogP contribution in [0, 0.1) is 12.8 Å². The summed E-state index contributed by atoms with van der Waals surface area (Å²) >= 11 is 0. The summed E-state index contributed by atoms with van der Waals surface area (Å²) in [5, 5.41) is 8.62. The molecule has 1 heterocycles. The van der Waals surface area contributed by atoms with Gasteiger partial charge in [-0.2, -0.15) is 0 Å². The van der Waals surface area contributed by atoms with Crippen LogP contribution in [0.1, 0.15) is 19.2 Å². The van der Waals surface area contributed by atoms with Crippen molar-refractivity contribution in [3.63, 3.8) is 0 Å². The molecule has 1 aromatic rings. The topological polar surface area (TPSA) is 101 Å². The number of aryl methyl sites for hydroxylation is 2. The quantitative estimate of drug-likeness (QED) is 0.767. The number of carbonyl (C=O) groups is 1. The van der Waals surface area contributed by atoms with Crippen LogP contribution in [0.25, 0.3) is 0 Å². The molecule has 102 valence electrons. The first-order valence-corrected chi connectivity index (χ1v) is 6.95. The minimum Gasteiger partial charge on any atom is -0.481 e. The molecule has 0 spiro atoms. The highest BCUT2D eigenvalue weighted by Crippen LogP contribution is 2.08. The first kappa shape index (κ1) is 14.7. The molecule has 0 saturated heterocycles. The number of nitrogens with one attached hydrogen (secondary N) is 1. The molecule has 0 fully saturated rings. The Labute approximate surface area is 106 Å². The van der Waals surface area contributed by atoms with Gasteiger partial charge in [-0.1, -0.05) is 6.92 Å². The third kappa shape index (κ3) is 3.54. The third-order valence-electron chi connectivity index (χ3n) is 2.65. The zero-order valence-electron chi connectivity index (χ0n) is 10.5. The molecule has 0 aromatic carbocycles. The number of nitrogens with zero attached hydrogens (tertiary/aromatic N) is 2. The highest BCUT2D eigenvalue weighted by molar-refractivity contribution is 7.89. The van der Waals surface area contributed by atoms with Crippen molar-refractivity contribution in [2.75, 3.05) is 6.54 Å². The van der Waals surface area contributed by atoms with Gasteiger partial charge in [-0.25, -0.2) is 18.1 Å². The predicted octanol–water partition coefficient (Wildman–Crippen LogP) is 0.118. The van der Waals surface area contributed by atoms with Crippen LogP contribution in [0.4, 0.5) is 0 Å². The lowest BCUT2D eigenvalue weighted by Crippen LogP contribution is -2.27. The smallest absolute Gasteiger partial charge is 0.306 e. The van der Waals surface area contributed by atoms with Crippen LogP contribution in [0.2, 0.25) is 0 Å². The highest BCUT2D eigenvalue weighted by atomic mass is 32.2. The van der Waals surface area contributed by atoms with Crippen molar-refractivity contribution in [1.29, 1.82) is 0 Å². The summed E-state index contributed by atoms with van der Waals surface area (Å²) in [4.78, 5) is 14.5. The fourth-order valence-electron chi connectivity index (χ4n) is 1.26. The maximum absolute atomic E-state index is 11.8. The van der Waals surface area contributed by atoms with Crippen LogP contribution in [-0.2, 0) is 21.9 Å². The molecule has 0 radical (unpaired) electrons. The second kappa shape index (κ2) is 5.49. The number of hydrogen-bond acceptors (Lipinski definition) is 4. The van der Waals surface area contributed by atoms with Crippen molar-refractivity contribution in [3.8, 4) is 0 Å². The Balaban J connectivity index is 2.63. The number of imidazole rings is 1. The van der Waals surface area contributed by atoms with Crippen LogP contribution in [0.3, 0.4) is 0 Å². The fraction of sp³-hybridized carbons (Fsp3) is 0.600. The molecule has 1 aromatic heterocycles. The van der Waals surface area contributed by atoms with Gasteiger partial charge in [0.15, 0.2) is 5.03 Å². The number of aliphatic carboxylic acids is 1. The summed E-state index contributed by atoms with van der Waals surface area (Å²) in [6.45, 7) is 3.30. The van der Waals surface area contributed by atoms with E-state index in [0.29, 0.717) is 5.82 Å². The Kier molecular flexibility index (Phi) is 4.47. The first-order valence-electron chi connectivity index (χ1n) is 5.46. The lowest BCUT2D eigenvalue weighted by molar-refractivity contribution is -0.141. The first-order chi connectivity index (χ1) is 8.24. The van der Waals surface area contributed by atoms with Crippen molar-refractivity contribution >= 4 is 16.0 Å². The van der Waals surface area contributed by atoms with E-state index in [-0.39, 0.29) is 18.0 Å². The third-order valence-corrected chi connectivity index (χ3v) is 3.98. The second-order valence-corrected chi connectivity index (χ2v) is 5.88. The normalized spacial score (nSPS) is 13.5. The SMILES string of the molecule is Cc1nc(S(=O)(=O)NCCC(C)C(=O)O)cn1C. The largest absolute Gasteiger partial charge is 0.481 e. The number of carboxylic acid groups (broad SMARTS) is 1. The molecular weight excluding hydrogens is 258 g/mol. The Morgan fingerprint density at radius 2 is 2.22 bits per heavy atom. The van der Waals surface area contributed by atoms with Crippen LogP contribution in [0.15, 0.2) is 11.2 Å². The molecule has 18 heavy (non-hydrogen) atoms. The zero-order chi connectivity index (χ0) is 13.9. The molecular formula is C10H17N3O4S. The van der Waals surface area contributed by atoms with E-state index in [1.165, 1.54) is 13.1 Å². The molecule has 1 rings (SSSR count). The number of hydrogen-bond donors (Lipinski definition) is 2. The number of aromatic nitrogens is 2. The molecule has 0 aliphatic rings. The van der Waals surface area contributed by atoms with Gasteiger partial charge in [0.05, 0.1) is 5.92 Å². The zero-order valence-corrected chi connectivity index (χ0v) is 11.4. The van der Waals surface area contributed by atoms with E-state index >= 15 is 0 Å². The van der Waals surface area contributed by atoms with E-state index < -0.39 is 21.9 Å². The average Bonchev–Trinajstić information content (AvgIpc) is 2.59. The van der Waals surface area contributed by atoms with Crippen LogP contribution in [-0.4, -0.2) is 35.6 Å². The highest BCUT2D eigenvalue weighted by Gasteiger charge is 2.19. The second-order valence-electron chi connectivity index (χ2n) is 4.16. The summed E-state index contributed by atoms with van der Waals surface area (Å²) in [6.07, 6.45) is 1.65. The van der Waals surface area contributed by atoms with E-state index in [0.717, 1.165) is 0 Å². The molecule has 7 nitrogen and oxygen atoms in total. The van der Waals surface area contributed by atoms with Gasteiger partial charge in [-0.3, -0.25) is 4.79 Å². The van der Waals surface area contributed by atoms with Gasteiger partial charge in [0.25, 0.3) is 10.0 Å². The van der Waals surface area contributed by atoms with Crippen molar-refractivity contribution in [1.82, 2.24) is 14.3 Å². The van der Waals surface area contributed by atoms with Crippen molar-refractivity contribution in [2.24, 2.45) is 13.0 Å². The number of carboxylic acids is 1. The standard InChI is InChI=1S/C10H17N3O4S/c1-7(10(14)15)4-5-11-18(16,17)9-6-13(3)8(2)12-9/h6-7,11H,4-5H2,1-3H3,(H,14,15). The minimum atomic E-state index is -3.66. The van der Waals surface area contributed by atoms with Crippen LogP contribution < -0.4 is 4.72 Å². The van der Waals surface area contributed by atoms with E-state index in [9.17, 15) is 13.2 Å². The van der Waals surface area contributed by atoms with Gasteiger partial charge in [0.1, 0.15) is 5.82 Å². The summed E-state index contributed by atoms with van der Waals surface area (Å²) in [5.41, 5.74) is 0. The van der Waals surface area contributed by atoms with Gasteiger partial charge in [0, 0.05) is 19.8 Å². The lowest BCUT2D eigenvalue weighted by atomic mass is 10.1. The fourth-order valence-corrected chi connectivity index (χ4v) is 2.35. The maximum atomic E-state index is 11.8. The molecule has 0 bridgehead atoms. The summed E-state index contributed by atoms with van der Waals surface area (Å²) in [5.74, 6) is -0.935. The summed E-state index contributed by atoms with van der Waals surface area (Å²) in [6, 6.07) is 0. The van der Waals surface area contributed by atoms with E-state index in [1.807, 2.05) is 0 Å². The molecule has 0 amide bonds. The van der Waals surface area contributed by atoms with Crippen LogP contribution in [0.5, 0.6) is 0 Å². The Morgan fingerprint density at radius 3 is 2.67 bits per heavy atom. The molecule has 2 N–H and O–H groups in total. The molecule has 1 atom stereocenters. The average molecular weight is 275 g/mol.